The Morgan fingerprint density at radius 3 is 2.20 bits per heavy atom. The van der Waals surface area contributed by atoms with Gasteiger partial charge in [0, 0.05) is 33.7 Å². The molecule has 0 unspecified atom stereocenters. The lowest BCUT2D eigenvalue weighted by Crippen LogP contribution is -2.49. The van der Waals surface area contributed by atoms with Crippen LogP contribution in [0.2, 0.25) is 15.1 Å². The van der Waals surface area contributed by atoms with Crippen LogP contribution in [0.15, 0.2) is 30.3 Å². The number of nitrogens with zero attached hydrogens (tertiary/aromatic N) is 1. The van der Waals surface area contributed by atoms with Crippen molar-refractivity contribution in [2.75, 3.05) is 13.2 Å². The van der Waals surface area contributed by atoms with Gasteiger partial charge < -0.3 is 15.0 Å². The minimum atomic E-state index is -0.734. The SMILES string of the molecule is CCNC(=O)[C@H](C)N(Cc1c(Cl)cccc1Cl)C(=O)COc1cc(C)c(Cl)c(C)c1. The third-order valence-corrected chi connectivity index (χ3v) is 5.99. The van der Waals surface area contributed by atoms with Crippen LogP contribution in [-0.2, 0) is 16.1 Å². The Bertz CT molecular complexity index is 891. The summed E-state index contributed by atoms with van der Waals surface area (Å²) in [5.74, 6) is -0.105. The molecule has 0 saturated carbocycles. The van der Waals surface area contributed by atoms with Crippen LogP contribution in [0.5, 0.6) is 5.75 Å². The van der Waals surface area contributed by atoms with Crippen molar-refractivity contribution in [1.29, 1.82) is 0 Å². The molecule has 1 N–H and O–H groups in total. The monoisotopic (exact) mass is 470 g/mol. The third-order valence-electron chi connectivity index (χ3n) is 4.68. The van der Waals surface area contributed by atoms with Gasteiger partial charge in [0.25, 0.3) is 5.91 Å². The predicted molar refractivity (Wildman–Crippen MR) is 122 cm³/mol. The molecule has 2 rings (SSSR count). The van der Waals surface area contributed by atoms with Gasteiger partial charge in [-0.1, -0.05) is 40.9 Å². The summed E-state index contributed by atoms with van der Waals surface area (Å²) in [6.45, 7) is 7.50. The Balaban J connectivity index is 2.24. The average molecular weight is 472 g/mol. The minimum Gasteiger partial charge on any atom is -0.484 e. The summed E-state index contributed by atoms with van der Waals surface area (Å²) >= 11 is 18.7. The van der Waals surface area contributed by atoms with Gasteiger partial charge in [0.2, 0.25) is 5.91 Å². The van der Waals surface area contributed by atoms with Gasteiger partial charge in [-0.3, -0.25) is 9.59 Å². The zero-order valence-corrected chi connectivity index (χ0v) is 19.7. The lowest BCUT2D eigenvalue weighted by atomic mass is 10.1. The van der Waals surface area contributed by atoms with Crippen LogP contribution in [0.1, 0.15) is 30.5 Å². The van der Waals surface area contributed by atoms with E-state index >= 15 is 0 Å². The highest BCUT2D eigenvalue weighted by molar-refractivity contribution is 6.36. The number of ether oxygens (including phenoxy) is 1. The molecule has 0 heterocycles. The van der Waals surface area contributed by atoms with Crippen molar-refractivity contribution >= 4 is 46.6 Å². The first-order chi connectivity index (χ1) is 14.1. The van der Waals surface area contributed by atoms with Gasteiger partial charge >= 0.3 is 0 Å². The van der Waals surface area contributed by atoms with E-state index in [2.05, 4.69) is 5.32 Å². The second kappa shape index (κ2) is 10.9. The van der Waals surface area contributed by atoms with Crippen LogP contribution in [0.3, 0.4) is 0 Å². The molecular weight excluding hydrogens is 447 g/mol. The van der Waals surface area contributed by atoms with E-state index < -0.39 is 6.04 Å². The molecule has 2 aromatic rings. The maximum atomic E-state index is 13.0. The lowest BCUT2D eigenvalue weighted by Gasteiger charge is -2.29. The number of amides is 2. The zero-order valence-electron chi connectivity index (χ0n) is 17.4. The summed E-state index contributed by atoms with van der Waals surface area (Å²) in [5, 5.41) is 4.25. The summed E-state index contributed by atoms with van der Waals surface area (Å²) in [4.78, 5) is 26.9. The van der Waals surface area contributed by atoms with Crippen LogP contribution in [-0.4, -0.2) is 35.9 Å². The number of nitrogens with one attached hydrogen (secondary N) is 1. The largest absolute Gasteiger partial charge is 0.484 e. The fraction of sp³-hybridized carbons (Fsp3) is 0.364. The maximum Gasteiger partial charge on any atom is 0.261 e. The molecule has 0 bridgehead atoms. The van der Waals surface area contributed by atoms with Crippen LogP contribution in [0, 0.1) is 13.8 Å². The molecule has 2 amide bonds. The quantitative estimate of drug-likeness (QED) is 0.576. The van der Waals surface area contributed by atoms with E-state index in [9.17, 15) is 9.59 Å². The summed E-state index contributed by atoms with van der Waals surface area (Å²) in [5.41, 5.74) is 2.28. The van der Waals surface area contributed by atoms with Crippen molar-refractivity contribution in [2.24, 2.45) is 0 Å². The number of carbonyl (C=O) groups excluding carboxylic acids is 2. The van der Waals surface area contributed by atoms with Gasteiger partial charge in [-0.15, -0.1) is 0 Å². The van der Waals surface area contributed by atoms with Gasteiger partial charge in [0.1, 0.15) is 11.8 Å². The fourth-order valence-corrected chi connectivity index (χ4v) is 3.60. The van der Waals surface area contributed by atoms with Crippen LogP contribution in [0.4, 0.5) is 0 Å². The van der Waals surface area contributed by atoms with Crippen LogP contribution < -0.4 is 10.1 Å². The Hall–Kier alpha value is -1.95. The number of aryl methyl sites for hydroxylation is 2. The van der Waals surface area contributed by atoms with Crippen molar-refractivity contribution < 1.29 is 14.3 Å². The smallest absolute Gasteiger partial charge is 0.261 e. The van der Waals surface area contributed by atoms with Crippen molar-refractivity contribution in [2.45, 2.75) is 40.3 Å². The van der Waals surface area contributed by atoms with Crippen molar-refractivity contribution in [1.82, 2.24) is 10.2 Å². The molecule has 5 nitrogen and oxygen atoms in total. The lowest BCUT2D eigenvalue weighted by molar-refractivity contribution is -0.142. The number of likely N-dealkylation sites (N-methyl/N-ethyl adjacent to an activating group) is 1. The third kappa shape index (κ3) is 6.03. The van der Waals surface area contributed by atoms with E-state index in [0.29, 0.717) is 32.9 Å². The Morgan fingerprint density at radius 1 is 1.10 bits per heavy atom. The second-order valence-electron chi connectivity index (χ2n) is 6.95. The van der Waals surface area contributed by atoms with Crippen LogP contribution in [0.25, 0.3) is 0 Å². The molecule has 0 aliphatic heterocycles. The van der Waals surface area contributed by atoms with E-state index in [-0.39, 0.29) is 25.0 Å². The highest BCUT2D eigenvalue weighted by Gasteiger charge is 2.27. The van der Waals surface area contributed by atoms with E-state index in [1.807, 2.05) is 20.8 Å². The molecule has 0 saturated heterocycles. The number of hydrogen-bond acceptors (Lipinski definition) is 3. The molecule has 8 heteroatoms. The standard InChI is InChI=1S/C22H25Cl3N2O3/c1-5-26-22(29)15(4)27(11-17-18(23)7-6-8-19(17)24)20(28)12-30-16-9-13(2)21(25)14(3)10-16/h6-10,15H,5,11-12H2,1-4H3,(H,26,29)/t15-/m0/s1. The molecule has 0 aliphatic carbocycles. The van der Waals surface area contributed by atoms with E-state index in [4.69, 9.17) is 39.5 Å². The van der Waals surface area contributed by atoms with E-state index in [1.165, 1.54) is 4.90 Å². The predicted octanol–water partition coefficient (Wildman–Crippen LogP) is 5.20. The zero-order chi connectivity index (χ0) is 22.4. The molecular formula is C22H25Cl3N2O3. The van der Waals surface area contributed by atoms with Gasteiger partial charge in [-0.25, -0.2) is 0 Å². The Morgan fingerprint density at radius 2 is 1.67 bits per heavy atom. The number of benzene rings is 2. The molecule has 162 valence electrons. The number of halogens is 3. The molecule has 1 atom stereocenters. The molecule has 0 fully saturated rings. The van der Waals surface area contributed by atoms with Gasteiger partial charge in [-0.05, 0) is 63.1 Å². The normalized spacial score (nSPS) is 11.7. The van der Waals surface area contributed by atoms with Gasteiger partial charge in [-0.2, -0.15) is 0 Å². The molecule has 0 aliphatic rings. The maximum absolute atomic E-state index is 13.0. The number of carbonyl (C=O) groups is 2. The van der Waals surface area contributed by atoms with Crippen LogP contribution >= 0.6 is 34.8 Å². The first-order valence-electron chi connectivity index (χ1n) is 9.55. The molecule has 30 heavy (non-hydrogen) atoms. The molecule has 2 aromatic carbocycles. The second-order valence-corrected chi connectivity index (χ2v) is 8.14. The van der Waals surface area contributed by atoms with E-state index in [1.54, 1.807) is 37.3 Å². The molecule has 0 spiro atoms. The van der Waals surface area contributed by atoms with E-state index in [0.717, 1.165) is 11.1 Å². The first kappa shape index (κ1) is 24.3. The van der Waals surface area contributed by atoms with Crippen molar-refractivity contribution in [3.63, 3.8) is 0 Å². The van der Waals surface area contributed by atoms with Gasteiger partial charge in [0.15, 0.2) is 6.61 Å². The topological polar surface area (TPSA) is 58.6 Å². The first-order valence-corrected chi connectivity index (χ1v) is 10.7. The van der Waals surface area contributed by atoms with Crippen molar-refractivity contribution in [3.05, 3.63) is 62.1 Å². The summed E-state index contributed by atoms with van der Waals surface area (Å²) in [6, 6.07) is 7.91. The number of rotatable bonds is 8. The van der Waals surface area contributed by atoms with Gasteiger partial charge in [0.05, 0.1) is 0 Å². The molecule has 0 aromatic heterocycles. The average Bonchev–Trinajstić information content (AvgIpc) is 2.69. The highest BCUT2D eigenvalue weighted by Crippen LogP contribution is 2.28. The highest BCUT2D eigenvalue weighted by atomic mass is 35.5. The van der Waals surface area contributed by atoms with Crippen molar-refractivity contribution in [3.8, 4) is 5.75 Å². The summed E-state index contributed by atoms with van der Waals surface area (Å²) in [7, 11) is 0. The number of hydrogen-bond donors (Lipinski definition) is 1. The Labute approximate surface area is 192 Å². The summed E-state index contributed by atoms with van der Waals surface area (Å²) in [6.07, 6.45) is 0. The Kier molecular flexibility index (Phi) is 8.83. The molecule has 0 radical (unpaired) electrons. The fourth-order valence-electron chi connectivity index (χ4n) is 2.98. The summed E-state index contributed by atoms with van der Waals surface area (Å²) < 4.78 is 5.71. The minimum absolute atomic E-state index is 0.0810.